The number of carbonyl (C=O) groups is 2. The van der Waals surface area contributed by atoms with E-state index < -0.39 is 30.1 Å². The Kier molecular flexibility index (Phi) is 6.06. The van der Waals surface area contributed by atoms with Gasteiger partial charge in [0.1, 0.15) is 11.6 Å². The van der Waals surface area contributed by atoms with Crippen LogP contribution in [0.3, 0.4) is 0 Å². The third-order valence-electron chi connectivity index (χ3n) is 4.15. The van der Waals surface area contributed by atoms with Gasteiger partial charge in [0, 0.05) is 25.8 Å². The lowest BCUT2D eigenvalue weighted by atomic mass is 9.75. The van der Waals surface area contributed by atoms with Gasteiger partial charge in [-0.05, 0) is 12.5 Å². The van der Waals surface area contributed by atoms with Crippen LogP contribution in [0.4, 0.5) is 0 Å². The maximum atomic E-state index is 12.5. The first kappa shape index (κ1) is 18.8. The first-order valence-electron chi connectivity index (χ1n) is 7.67. The van der Waals surface area contributed by atoms with Crippen molar-refractivity contribution in [3.63, 3.8) is 0 Å². The molecule has 0 aromatic heterocycles. The number of hydrogen-bond donors (Lipinski definition) is 1. The number of methoxy groups -OCH3 is 3. The van der Waals surface area contributed by atoms with Crippen molar-refractivity contribution in [2.24, 2.45) is 10.9 Å². The van der Waals surface area contributed by atoms with Crippen molar-refractivity contribution in [2.45, 2.75) is 19.1 Å². The Bertz CT molecular complexity index is 706. The summed E-state index contributed by atoms with van der Waals surface area (Å²) in [5.41, 5.74) is 1.39. The Morgan fingerprint density at radius 3 is 2.20 bits per heavy atom. The van der Waals surface area contributed by atoms with Crippen LogP contribution < -0.4 is 0 Å². The molecule has 1 heterocycles. The van der Waals surface area contributed by atoms with Gasteiger partial charge < -0.3 is 19.3 Å². The molecule has 2 rings (SSSR count). The molecule has 25 heavy (non-hydrogen) atoms. The summed E-state index contributed by atoms with van der Waals surface area (Å²) in [6.07, 6.45) is -0.912. The van der Waals surface area contributed by atoms with E-state index in [9.17, 15) is 14.7 Å². The van der Waals surface area contributed by atoms with E-state index in [-0.39, 0.29) is 11.3 Å². The molecule has 0 aliphatic carbocycles. The molecule has 1 aromatic rings. The number of hydrogen-bond acceptors (Lipinski definition) is 6. The minimum atomic E-state index is -1.07. The summed E-state index contributed by atoms with van der Waals surface area (Å²) < 4.78 is 15.4. The van der Waals surface area contributed by atoms with Gasteiger partial charge in [0.2, 0.25) is 6.29 Å². The molecule has 0 bridgehead atoms. The van der Waals surface area contributed by atoms with Gasteiger partial charge in [0.15, 0.2) is 0 Å². The molecule has 1 N–H and O–H groups in total. The van der Waals surface area contributed by atoms with E-state index in [0.29, 0.717) is 11.3 Å². The summed E-state index contributed by atoms with van der Waals surface area (Å²) in [6, 6.07) is 8.93. The number of aliphatic carboxylic acids is 1. The number of nitrogens with zero attached hydrogens (tertiary/aromatic N) is 1. The minimum absolute atomic E-state index is 0.125. The molecule has 2 unspecified atom stereocenters. The third-order valence-corrected chi connectivity index (χ3v) is 4.15. The van der Waals surface area contributed by atoms with Crippen LogP contribution in [0.2, 0.25) is 0 Å². The highest BCUT2D eigenvalue weighted by atomic mass is 16.7. The number of rotatable bonds is 6. The number of benzene rings is 1. The zero-order valence-electron chi connectivity index (χ0n) is 14.6. The fourth-order valence-electron chi connectivity index (χ4n) is 3.07. The average Bonchev–Trinajstić information content (AvgIpc) is 2.62. The van der Waals surface area contributed by atoms with Crippen LogP contribution in [0.5, 0.6) is 0 Å². The number of aliphatic imine (C=N–C) groups is 1. The Hall–Kier alpha value is -2.51. The number of esters is 1. The number of carbonyl (C=O) groups excluding carboxylic acids is 1. The molecule has 0 amide bonds. The Morgan fingerprint density at radius 1 is 1.12 bits per heavy atom. The lowest BCUT2D eigenvalue weighted by Crippen LogP contribution is -2.37. The summed E-state index contributed by atoms with van der Waals surface area (Å²) in [5.74, 6) is -3.48. The van der Waals surface area contributed by atoms with Gasteiger partial charge in [-0.2, -0.15) is 0 Å². The highest BCUT2D eigenvalue weighted by molar-refractivity contribution is 6.06. The van der Waals surface area contributed by atoms with E-state index in [1.165, 1.54) is 21.3 Å². The summed E-state index contributed by atoms with van der Waals surface area (Å²) in [4.78, 5) is 28.7. The van der Waals surface area contributed by atoms with Gasteiger partial charge in [0.05, 0.1) is 12.7 Å². The molecular weight excluding hydrogens is 326 g/mol. The topological polar surface area (TPSA) is 94.4 Å². The van der Waals surface area contributed by atoms with Crippen LogP contribution in [-0.2, 0) is 23.8 Å². The van der Waals surface area contributed by atoms with Crippen LogP contribution in [0.15, 0.2) is 46.6 Å². The second-order valence-corrected chi connectivity index (χ2v) is 5.55. The predicted octanol–water partition coefficient (Wildman–Crippen LogP) is 1.99. The van der Waals surface area contributed by atoms with Crippen molar-refractivity contribution >= 4 is 17.7 Å². The molecule has 2 atom stereocenters. The van der Waals surface area contributed by atoms with Gasteiger partial charge in [-0.15, -0.1) is 0 Å². The Balaban J connectivity index is 2.76. The third kappa shape index (κ3) is 3.62. The quantitative estimate of drug-likeness (QED) is 0.625. The summed E-state index contributed by atoms with van der Waals surface area (Å²) in [7, 11) is 4.08. The van der Waals surface area contributed by atoms with Crippen LogP contribution >= 0.6 is 0 Å². The molecule has 1 aliphatic heterocycles. The fraction of sp³-hybridized carbons (Fsp3) is 0.389. The highest BCUT2D eigenvalue weighted by Gasteiger charge is 2.43. The number of carboxylic acids is 1. The van der Waals surface area contributed by atoms with Crippen molar-refractivity contribution in [2.75, 3.05) is 21.3 Å². The number of carboxylic acid groups (broad SMARTS) is 1. The van der Waals surface area contributed by atoms with Gasteiger partial charge in [0.25, 0.3) is 0 Å². The van der Waals surface area contributed by atoms with Crippen molar-refractivity contribution in [1.29, 1.82) is 0 Å². The van der Waals surface area contributed by atoms with Crippen LogP contribution in [0.25, 0.3) is 0 Å². The van der Waals surface area contributed by atoms with Gasteiger partial charge >= 0.3 is 11.9 Å². The van der Waals surface area contributed by atoms with E-state index in [2.05, 4.69) is 4.99 Å². The zero-order chi connectivity index (χ0) is 18.6. The molecular formula is C18H21NO6. The zero-order valence-corrected chi connectivity index (χ0v) is 14.6. The predicted molar refractivity (Wildman–Crippen MR) is 90.3 cm³/mol. The lowest BCUT2D eigenvalue weighted by Gasteiger charge is -2.32. The van der Waals surface area contributed by atoms with Crippen LogP contribution in [0.1, 0.15) is 18.4 Å². The first-order valence-corrected chi connectivity index (χ1v) is 7.67. The molecule has 7 nitrogen and oxygen atoms in total. The molecule has 0 saturated carbocycles. The SMILES string of the molecule is COC(=O)C1=C(C(OC)OC)N=C(C)C(C(=O)O)C1c1ccccc1. The molecule has 0 fully saturated rings. The first-order chi connectivity index (χ1) is 12.0. The molecule has 0 saturated heterocycles. The molecule has 1 aliphatic rings. The van der Waals surface area contributed by atoms with Crippen LogP contribution in [0, 0.1) is 5.92 Å². The molecule has 0 spiro atoms. The maximum Gasteiger partial charge on any atom is 0.336 e. The molecule has 0 radical (unpaired) electrons. The smallest absolute Gasteiger partial charge is 0.336 e. The van der Waals surface area contributed by atoms with E-state index in [4.69, 9.17) is 14.2 Å². The molecule has 7 heteroatoms. The summed E-state index contributed by atoms with van der Waals surface area (Å²) >= 11 is 0. The number of ether oxygens (including phenoxy) is 3. The molecule has 134 valence electrons. The van der Waals surface area contributed by atoms with Crippen molar-refractivity contribution in [3.05, 3.63) is 47.2 Å². The van der Waals surface area contributed by atoms with E-state index in [0.717, 1.165) is 0 Å². The second kappa shape index (κ2) is 8.04. The second-order valence-electron chi connectivity index (χ2n) is 5.55. The van der Waals surface area contributed by atoms with E-state index >= 15 is 0 Å². The Morgan fingerprint density at radius 2 is 1.72 bits per heavy atom. The standard InChI is InChI=1S/C18H21NO6/c1-10-12(16(20)21)13(11-8-6-5-7-9-11)14(17(22)23-2)15(19-10)18(24-3)25-4/h5-9,12-13,18H,1-4H3,(H,20,21). The van der Waals surface area contributed by atoms with Crippen molar-refractivity contribution in [3.8, 4) is 0 Å². The summed E-state index contributed by atoms with van der Waals surface area (Å²) in [5, 5.41) is 9.73. The van der Waals surface area contributed by atoms with Gasteiger partial charge in [-0.3, -0.25) is 9.79 Å². The normalized spacial score (nSPS) is 20.4. The van der Waals surface area contributed by atoms with E-state index in [1.54, 1.807) is 31.2 Å². The minimum Gasteiger partial charge on any atom is -0.481 e. The Labute approximate surface area is 145 Å². The van der Waals surface area contributed by atoms with Crippen molar-refractivity contribution in [1.82, 2.24) is 0 Å². The average molecular weight is 347 g/mol. The highest BCUT2D eigenvalue weighted by Crippen LogP contribution is 2.40. The van der Waals surface area contributed by atoms with E-state index in [1.807, 2.05) is 6.07 Å². The van der Waals surface area contributed by atoms with Gasteiger partial charge in [-0.25, -0.2) is 4.79 Å². The summed E-state index contributed by atoms with van der Waals surface area (Å²) in [6.45, 7) is 1.62. The largest absolute Gasteiger partial charge is 0.481 e. The fourth-order valence-corrected chi connectivity index (χ4v) is 3.07. The van der Waals surface area contributed by atoms with Crippen molar-refractivity contribution < 1.29 is 28.9 Å². The van der Waals surface area contributed by atoms with Crippen LogP contribution in [-0.4, -0.2) is 50.4 Å². The lowest BCUT2D eigenvalue weighted by molar-refractivity contribution is -0.140. The maximum absolute atomic E-state index is 12.5. The monoisotopic (exact) mass is 347 g/mol. The van der Waals surface area contributed by atoms with Gasteiger partial charge in [-0.1, -0.05) is 30.3 Å². The molecule has 1 aromatic carbocycles.